The first-order valence-electron chi connectivity index (χ1n) is 20.7. The number of benzene rings is 2. The van der Waals surface area contributed by atoms with E-state index in [2.05, 4.69) is 36.9 Å². The molecule has 16 nitrogen and oxygen atoms in total. The first-order valence-corrected chi connectivity index (χ1v) is 20.7. The molecule has 16 heteroatoms. The van der Waals surface area contributed by atoms with Crippen molar-refractivity contribution < 1.29 is 38.7 Å². The van der Waals surface area contributed by atoms with Crippen LogP contribution in [-0.4, -0.2) is 75.8 Å². The van der Waals surface area contributed by atoms with Crippen molar-refractivity contribution in [2.45, 2.75) is 109 Å². The number of nitrogens with two attached hydrogens (primary N) is 1. The van der Waals surface area contributed by atoms with Crippen molar-refractivity contribution in [3.63, 3.8) is 0 Å². The van der Waals surface area contributed by atoms with Gasteiger partial charge >= 0.3 is 12.0 Å². The fourth-order valence-corrected chi connectivity index (χ4v) is 7.10. The zero-order valence-electron chi connectivity index (χ0n) is 35.1. The smallest absolute Gasteiger partial charge is 0.323 e. The monoisotopic (exact) mass is 838 g/mol. The fraction of sp³-hybridized carbons (Fsp3) is 0.422. The maximum atomic E-state index is 14.0. The minimum Gasteiger partial charge on any atom is -0.481 e. The lowest BCUT2D eigenvalue weighted by Crippen LogP contribution is -2.63. The van der Waals surface area contributed by atoms with Crippen LogP contribution in [0.2, 0.25) is 0 Å². The molecule has 61 heavy (non-hydrogen) atoms. The number of amides is 7. The average Bonchev–Trinajstić information content (AvgIpc) is 3.21. The molecule has 9 N–H and O–H groups in total. The molecule has 0 aliphatic heterocycles. The van der Waals surface area contributed by atoms with E-state index < -0.39 is 59.2 Å². The Labute approximate surface area is 356 Å². The molecule has 326 valence electrons. The van der Waals surface area contributed by atoms with Crippen LogP contribution in [0.3, 0.4) is 0 Å². The number of unbranched alkanes of at least 4 members (excludes halogenated alkanes) is 1. The van der Waals surface area contributed by atoms with Crippen LogP contribution in [0, 0.1) is 19.8 Å². The van der Waals surface area contributed by atoms with Crippen molar-refractivity contribution in [1.82, 2.24) is 26.3 Å². The third kappa shape index (κ3) is 15.8. The number of nitrogens with zero attached hydrogens (tertiary/aromatic N) is 1. The SMILES string of the molecule is Cc1ccc(/C=C/C(=O)NCCCC[C@H](NC(=O)Cc2ccc(NC(=O)Nc3ccccc3C)cc2)C(=O)N[C@@H](CC(C)CC(=O)O)C(=O)NC2(C(N)=O)CCCCC2)cn1. The molecule has 1 heterocycles. The van der Waals surface area contributed by atoms with Gasteiger partial charge in [-0.25, -0.2) is 4.79 Å². The molecule has 7 amide bonds. The van der Waals surface area contributed by atoms with Gasteiger partial charge in [0, 0.05) is 42.3 Å². The van der Waals surface area contributed by atoms with Crippen molar-refractivity contribution in [2.24, 2.45) is 11.7 Å². The quantitative estimate of drug-likeness (QED) is 0.0548. The summed E-state index contributed by atoms with van der Waals surface area (Å²) >= 11 is 0. The van der Waals surface area contributed by atoms with E-state index in [1.165, 1.54) is 6.08 Å². The van der Waals surface area contributed by atoms with Gasteiger partial charge in [-0.2, -0.15) is 0 Å². The number of anilines is 2. The van der Waals surface area contributed by atoms with Gasteiger partial charge in [-0.1, -0.05) is 62.6 Å². The number of carbonyl (C=O) groups is 7. The fourth-order valence-electron chi connectivity index (χ4n) is 7.10. The van der Waals surface area contributed by atoms with Gasteiger partial charge in [0.2, 0.25) is 29.5 Å². The Morgan fingerprint density at radius 3 is 2.23 bits per heavy atom. The molecule has 2 aromatic carbocycles. The molecular weight excluding hydrogens is 781 g/mol. The van der Waals surface area contributed by atoms with Gasteiger partial charge in [0.05, 0.1) is 6.42 Å². The number of aryl methyl sites for hydroxylation is 2. The van der Waals surface area contributed by atoms with Crippen LogP contribution in [0.5, 0.6) is 0 Å². The van der Waals surface area contributed by atoms with Crippen LogP contribution in [0.25, 0.3) is 6.08 Å². The van der Waals surface area contributed by atoms with Crippen LogP contribution < -0.4 is 37.6 Å². The second-order valence-corrected chi connectivity index (χ2v) is 15.7. The Bertz CT molecular complexity index is 2030. The summed E-state index contributed by atoms with van der Waals surface area (Å²) in [6, 6.07) is 14.9. The van der Waals surface area contributed by atoms with Crippen molar-refractivity contribution in [3.05, 3.63) is 95.3 Å². The second-order valence-electron chi connectivity index (χ2n) is 15.7. The maximum absolute atomic E-state index is 14.0. The molecule has 1 fully saturated rings. The van der Waals surface area contributed by atoms with Gasteiger partial charge in [0.25, 0.3) is 0 Å². The lowest BCUT2D eigenvalue weighted by Gasteiger charge is -2.36. The van der Waals surface area contributed by atoms with E-state index in [1.54, 1.807) is 49.5 Å². The molecular formula is C45H58N8O8. The molecule has 4 rings (SSSR count). The number of aromatic nitrogens is 1. The molecule has 0 saturated heterocycles. The molecule has 1 aliphatic carbocycles. The number of rotatable bonds is 21. The number of hydrogen-bond acceptors (Lipinski definition) is 8. The first-order chi connectivity index (χ1) is 29.1. The summed E-state index contributed by atoms with van der Waals surface area (Å²) in [6.45, 7) is 5.67. The average molecular weight is 839 g/mol. The minimum absolute atomic E-state index is 0.0546. The third-order valence-corrected chi connectivity index (χ3v) is 10.5. The molecule has 1 unspecified atom stereocenters. The van der Waals surface area contributed by atoms with Gasteiger partial charge < -0.3 is 42.7 Å². The van der Waals surface area contributed by atoms with E-state index in [9.17, 15) is 38.7 Å². The van der Waals surface area contributed by atoms with Gasteiger partial charge in [0.1, 0.15) is 17.6 Å². The molecule has 1 aromatic heterocycles. The van der Waals surface area contributed by atoms with Crippen LogP contribution in [0.15, 0.2) is 72.9 Å². The Hall–Kier alpha value is -6.58. The standard InChI is InChI=1S/C45H58N8O8/c1-29(26-40(56)57)25-37(42(59)53-45(43(46)60)22-8-4-9-23-45)51-41(58)36(13-7-10-24-47-38(54)21-18-33-15-14-31(3)48-28-33)50-39(55)27-32-16-19-34(20-17-32)49-44(61)52-35-12-6-5-11-30(35)2/h5-6,11-12,14-21,28-29,36-37H,4,7-10,13,22-27H2,1-3H3,(H2,46,60)(H,47,54)(H,50,55)(H,51,58)(H,53,59)(H,56,57)(H2,49,52,61)/b21-18+/t29?,36-,37-/m0/s1. The van der Waals surface area contributed by atoms with Crippen LogP contribution in [0.1, 0.15) is 93.5 Å². The van der Waals surface area contributed by atoms with Gasteiger partial charge in [-0.3, -0.25) is 33.8 Å². The summed E-state index contributed by atoms with van der Waals surface area (Å²) in [7, 11) is 0. The predicted molar refractivity (Wildman–Crippen MR) is 232 cm³/mol. The Morgan fingerprint density at radius 2 is 1.57 bits per heavy atom. The molecule has 0 spiro atoms. The van der Waals surface area contributed by atoms with Crippen LogP contribution in [-0.2, 0) is 35.2 Å². The van der Waals surface area contributed by atoms with Crippen molar-refractivity contribution in [2.75, 3.05) is 17.2 Å². The van der Waals surface area contributed by atoms with E-state index in [0.717, 1.165) is 23.2 Å². The zero-order valence-corrected chi connectivity index (χ0v) is 35.1. The van der Waals surface area contributed by atoms with E-state index in [1.807, 2.05) is 44.2 Å². The Balaban J connectivity index is 1.43. The Morgan fingerprint density at radius 1 is 0.852 bits per heavy atom. The van der Waals surface area contributed by atoms with E-state index in [4.69, 9.17) is 5.73 Å². The molecule has 0 radical (unpaired) electrons. The number of primary amides is 1. The number of carbonyl (C=O) groups excluding carboxylic acids is 6. The molecule has 3 atom stereocenters. The predicted octanol–water partition coefficient (Wildman–Crippen LogP) is 4.66. The molecule has 1 saturated carbocycles. The highest BCUT2D eigenvalue weighted by Crippen LogP contribution is 2.28. The molecule has 3 aromatic rings. The summed E-state index contributed by atoms with van der Waals surface area (Å²) in [5, 5.41) is 26.1. The van der Waals surface area contributed by atoms with Gasteiger partial charge in [-0.15, -0.1) is 0 Å². The minimum atomic E-state index is -1.30. The van der Waals surface area contributed by atoms with Crippen LogP contribution >= 0.6 is 0 Å². The largest absolute Gasteiger partial charge is 0.481 e. The number of para-hydroxylation sites is 1. The van der Waals surface area contributed by atoms with E-state index >= 15 is 0 Å². The molecule has 0 bridgehead atoms. The number of carboxylic acids is 1. The first kappa shape index (κ1) is 47.1. The summed E-state index contributed by atoms with van der Waals surface area (Å²) in [5.74, 6) is -4.44. The topological polar surface area (TPSA) is 251 Å². The van der Waals surface area contributed by atoms with Crippen molar-refractivity contribution in [3.8, 4) is 0 Å². The number of pyridine rings is 1. The highest BCUT2D eigenvalue weighted by molar-refractivity contribution is 6.00. The highest BCUT2D eigenvalue weighted by atomic mass is 16.4. The van der Waals surface area contributed by atoms with Crippen LogP contribution in [0.4, 0.5) is 16.2 Å². The third-order valence-electron chi connectivity index (χ3n) is 10.5. The number of urea groups is 1. The summed E-state index contributed by atoms with van der Waals surface area (Å²) in [6.07, 6.45) is 8.16. The zero-order chi connectivity index (χ0) is 44.4. The van der Waals surface area contributed by atoms with Gasteiger partial charge in [0.15, 0.2) is 0 Å². The number of aliphatic carboxylic acids is 1. The van der Waals surface area contributed by atoms with Crippen molar-refractivity contribution in [1.29, 1.82) is 0 Å². The number of carboxylic acid groups (broad SMARTS) is 1. The number of nitrogens with one attached hydrogen (secondary N) is 6. The maximum Gasteiger partial charge on any atom is 0.323 e. The van der Waals surface area contributed by atoms with Crippen molar-refractivity contribution >= 4 is 59.0 Å². The molecule has 1 aliphatic rings. The second kappa shape index (κ2) is 23.3. The normalized spacial score (nSPS) is 14.7. The van der Waals surface area contributed by atoms with E-state index in [0.29, 0.717) is 55.5 Å². The number of hydrogen-bond donors (Lipinski definition) is 8. The lowest BCUT2D eigenvalue weighted by atomic mass is 9.80. The summed E-state index contributed by atoms with van der Waals surface area (Å²) in [5.41, 5.74) is 8.77. The Kier molecular flexibility index (Phi) is 18.0. The highest BCUT2D eigenvalue weighted by Gasteiger charge is 2.41. The lowest BCUT2D eigenvalue weighted by molar-refractivity contribution is -0.139. The van der Waals surface area contributed by atoms with Gasteiger partial charge in [-0.05, 0) is 105 Å². The summed E-state index contributed by atoms with van der Waals surface area (Å²) in [4.78, 5) is 94.7. The van der Waals surface area contributed by atoms with E-state index in [-0.39, 0.29) is 38.1 Å². The summed E-state index contributed by atoms with van der Waals surface area (Å²) < 4.78 is 0.